The van der Waals surface area contributed by atoms with Crippen molar-refractivity contribution in [2.75, 3.05) is 24.5 Å². The van der Waals surface area contributed by atoms with Crippen LogP contribution in [0.1, 0.15) is 24.0 Å². The number of nitrogens with one attached hydrogen (secondary N) is 3. The number of nitrogens with zero attached hydrogens (tertiary/aromatic N) is 2. The molecule has 3 N–H and O–H groups in total. The molecule has 5 aromatic rings. The highest BCUT2D eigenvalue weighted by Crippen LogP contribution is 2.36. The Morgan fingerprint density at radius 1 is 0.750 bits per heavy atom. The van der Waals surface area contributed by atoms with Crippen molar-refractivity contribution in [3.63, 3.8) is 0 Å². The molecule has 2 fully saturated rings. The predicted octanol–water partition coefficient (Wildman–Crippen LogP) is 4.80. The van der Waals surface area contributed by atoms with Crippen LogP contribution in [0.3, 0.4) is 0 Å². The molecule has 40 heavy (non-hydrogen) atoms. The van der Waals surface area contributed by atoms with Gasteiger partial charge in [0.05, 0.1) is 0 Å². The first-order chi connectivity index (χ1) is 19.6. The van der Waals surface area contributed by atoms with E-state index in [1.807, 2.05) is 65.8 Å². The van der Waals surface area contributed by atoms with E-state index in [4.69, 9.17) is 0 Å². The number of fused-ring (bicyclic) bond motifs is 2. The number of amides is 2. The normalized spacial score (nSPS) is 19.1. The zero-order chi connectivity index (χ0) is 27.1. The van der Waals surface area contributed by atoms with Crippen molar-refractivity contribution in [2.24, 2.45) is 0 Å². The molecule has 2 aliphatic rings. The molecule has 1 atom stereocenters. The van der Waals surface area contributed by atoms with Crippen LogP contribution in [0.15, 0.2) is 91.3 Å². The quantitative estimate of drug-likeness (QED) is 0.294. The van der Waals surface area contributed by atoms with Crippen molar-refractivity contribution < 1.29 is 9.59 Å². The van der Waals surface area contributed by atoms with Crippen LogP contribution >= 0.6 is 0 Å². The first kappa shape index (κ1) is 24.5. The van der Waals surface area contributed by atoms with Gasteiger partial charge in [-0.05, 0) is 54.7 Å². The zero-order valence-electron chi connectivity index (χ0n) is 22.4. The summed E-state index contributed by atoms with van der Waals surface area (Å²) < 4.78 is 0. The number of rotatable bonds is 6. The molecule has 7 heteroatoms. The lowest BCUT2D eigenvalue weighted by Gasteiger charge is -2.52. The van der Waals surface area contributed by atoms with Gasteiger partial charge in [-0.1, -0.05) is 54.6 Å². The summed E-state index contributed by atoms with van der Waals surface area (Å²) in [4.78, 5) is 39.2. The molecule has 0 saturated carbocycles. The summed E-state index contributed by atoms with van der Waals surface area (Å²) in [6.07, 6.45) is 6.36. The average molecular weight is 532 g/mol. The van der Waals surface area contributed by atoms with Crippen molar-refractivity contribution in [3.8, 4) is 0 Å². The standard InChI is InChI=1S/C33H33N5O2/c39-31-30(20-24-22-35-29-13-7-5-11-27(24)29)36-32(40)33(15-18-37(19-16-33)25-8-2-1-3-9-25)38(31)17-14-23-21-34-28-12-6-4-10-26(23)28/h1-13,21-22,30,34-35H,14-20H2,(H,36,40). The molecular weight excluding hydrogens is 498 g/mol. The fourth-order valence-corrected chi connectivity index (χ4v) is 6.70. The third kappa shape index (κ3) is 4.13. The Bertz CT molecular complexity index is 1680. The maximum atomic E-state index is 14.3. The van der Waals surface area contributed by atoms with Crippen LogP contribution in [0.2, 0.25) is 0 Å². The van der Waals surface area contributed by atoms with Gasteiger partial charge in [0.25, 0.3) is 0 Å². The van der Waals surface area contributed by atoms with Gasteiger partial charge in [0.1, 0.15) is 11.6 Å². The lowest BCUT2D eigenvalue weighted by atomic mass is 9.80. The summed E-state index contributed by atoms with van der Waals surface area (Å²) in [6, 6.07) is 26.0. The van der Waals surface area contributed by atoms with Gasteiger partial charge in [0.15, 0.2) is 0 Å². The third-order valence-corrected chi connectivity index (χ3v) is 8.90. The Morgan fingerprint density at radius 2 is 1.35 bits per heavy atom. The summed E-state index contributed by atoms with van der Waals surface area (Å²) in [5, 5.41) is 5.42. The molecule has 2 saturated heterocycles. The number of anilines is 1. The molecule has 2 amide bonds. The highest BCUT2D eigenvalue weighted by Gasteiger charge is 2.53. The molecular formula is C33H33N5O2. The Labute approximate surface area is 233 Å². The lowest BCUT2D eigenvalue weighted by Crippen LogP contribution is -2.73. The van der Waals surface area contributed by atoms with Crippen LogP contribution in [0.5, 0.6) is 0 Å². The first-order valence-corrected chi connectivity index (χ1v) is 14.1. The van der Waals surface area contributed by atoms with E-state index in [1.54, 1.807) is 0 Å². The maximum Gasteiger partial charge on any atom is 0.246 e. The van der Waals surface area contributed by atoms with Gasteiger partial charge in [-0.15, -0.1) is 0 Å². The second-order valence-electron chi connectivity index (χ2n) is 11.0. The molecule has 7 rings (SSSR count). The van der Waals surface area contributed by atoms with Crippen molar-refractivity contribution >= 4 is 39.3 Å². The Morgan fingerprint density at radius 3 is 2.05 bits per heavy atom. The molecule has 3 aromatic carbocycles. The third-order valence-electron chi connectivity index (χ3n) is 8.90. The van der Waals surface area contributed by atoms with Crippen LogP contribution in [0, 0.1) is 0 Å². The van der Waals surface area contributed by atoms with Gasteiger partial charge >= 0.3 is 0 Å². The van der Waals surface area contributed by atoms with Crippen molar-refractivity contribution in [2.45, 2.75) is 37.3 Å². The number of hydrogen-bond donors (Lipinski definition) is 3. The Kier molecular flexibility index (Phi) is 6.07. The number of aromatic nitrogens is 2. The molecule has 0 aliphatic carbocycles. The van der Waals surface area contributed by atoms with Crippen molar-refractivity contribution in [1.82, 2.24) is 20.2 Å². The van der Waals surface area contributed by atoms with Crippen LogP contribution in [-0.2, 0) is 22.4 Å². The molecule has 2 aliphatic heterocycles. The summed E-state index contributed by atoms with van der Waals surface area (Å²) in [5.41, 5.74) is 4.64. The molecule has 2 aromatic heterocycles. The molecule has 0 bridgehead atoms. The van der Waals surface area contributed by atoms with E-state index in [0.717, 1.165) is 40.8 Å². The van der Waals surface area contributed by atoms with Crippen molar-refractivity contribution in [3.05, 3.63) is 102 Å². The van der Waals surface area contributed by atoms with E-state index < -0.39 is 11.6 Å². The van der Waals surface area contributed by atoms with Gasteiger partial charge in [0, 0.05) is 65.9 Å². The molecule has 1 unspecified atom stereocenters. The van der Waals surface area contributed by atoms with Crippen LogP contribution in [0.4, 0.5) is 5.69 Å². The maximum absolute atomic E-state index is 14.3. The lowest BCUT2D eigenvalue weighted by molar-refractivity contribution is -0.159. The largest absolute Gasteiger partial charge is 0.371 e. The van der Waals surface area contributed by atoms with Gasteiger partial charge < -0.3 is 25.1 Å². The van der Waals surface area contributed by atoms with E-state index in [0.29, 0.717) is 32.2 Å². The monoisotopic (exact) mass is 531 g/mol. The highest BCUT2D eigenvalue weighted by atomic mass is 16.2. The number of para-hydroxylation sites is 3. The summed E-state index contributed by atoms with van der Waals surface area (Å²) in [6.45, 7) is 1.95. The number of piperazine rings is 1. The van der Waals surface area contributed by atoms with E-state index >= 15 is 0 Å². The van der Waals surface area contributed by atoms with Gasteiger partial charge in [0.2, 0.25) is 11.8 Å². The summed E-state index contributed by atoms with van der Waals surface area (Å²) in [7, 11) is 0. The number of piperidine rings is 1. The van der Waals surface area contributed by atoms with E-state index in [9.17, 15) is 9.59 Å². The fraction of sp³-hybridized carbons (Fsp3) is 0.273. The fourth-order valence-electron chi connectivity index (χ4n) is 6.70. The van der Waals surface area contributed by atoms with Crippen LogP contribution in [0.25, 0.3) is 21.8 Å². The average Bonchev–Trinajstić information content (AvgIpc) is 3.61. The van der Waals surface area contributed by atoms with Crippen LogP contribution in [-0.4, -0.2) is 57.9 Å². The van der Waals surface area contributed by atoms with E-state index in [1.165, 1.54) is 10.9 Å². The summed E-state index contributed by atoms with van der Waals surface area (Å²) in [5.74, 6) is -0.0125. The van der Waals surface area contributed by atoms with Gasteiger partial charge in [-0.3, -0.25) is 9.59 Å². The second kappa shape index (κ2) is 9.90. The van der Waals surface area contributed by atoms with Gasteiger partial charge in [-0.2, -0.15) is 0 Å². The smallest absolute Gasteiger partial charge is 0.246 e. The number of aromatic amines is 2. The minimum absolute atomic E-state index is 0.0119. The zero-order valence-corrected chi connectivity index (χ0v) is 22.4. The number of carbonyl (C=O) groups is 2. The molecule has 7 nitrogen and oxygen atoms in total. The number of carbonyl (C=O) groups excluding carboxylic acids is 2. The number of H-pyrrole nitrogens is 2. The highest BCUT2D eigenvalue weighted by molar-refractivity contribution is 6.00. The molecule has 202 valence electrons. The van der Waals surface area contributed by atoms with Crippen LogP contribution < -0.4 is 10.2 Å². The minimum Gasteiger partial charge on any atom is -0.371 e. The Balaban J connectivity index is 1.18. The SMILES string of the molecule is O=C1C(Cc2c[nH]c3ccccc23)NC(=O)C2(CCN(c3ccccc3)CC2)N1CCc1c[nH]c2ccccc12. The van der Waals surface area contributed by atoms with E-state index in [-0.39, 0.29) is 11.8 Å². The predicted molar refractivity (Wildman–Crippen MR) is 158 cm³/mol. The van der Waals surface area contributed by atoms with E-state index in [2.05, 4.69) is 50.5 Å². The van der Waals surface area contributed by atoms with Crippen molar-refractivity contribution in [1.29, 1.82) is 0 Å². The number of hydrogen-bond acceptors (Lipinski definition) is 3. The van der Waals surface area contributed by atoms with Gasteiger partial charge in [-0.25, -0.2) is 0 Å². The topological polar surface area (TPSA) is 84.2 Å². The second-order valence-corrected chi connectivity index (χ2v) is 11.0. The molecule has 0 radical (unpaired) electrons. The number of benzene rings is 3. The molecule has 1 spiro atoms. The minimum atomic E-state index is -0.842. The Hall–Kier alpha value is -4.52. The first-order valence-electron chi connectivity index (χ1n) is 14.1. The summed E-state index contributed by atoms with van der Waals surface area (Å²) >= 11 is 0. The molecule has 4 heterocycles.